The van der Waals surface area contributed by atoms with Gasteiger partial charge in [-0.15, -0.1) is 0 Å². The predicted molar refractivity (Wildman–Crippen MR) is 55.1 cm³/mol. The highest BCUT2D eigenvalue weighted by Crippen LogP contribution is 2.09. The van der Waals surface area contributed by atoms with Gasteiger partial charge in [0.15, 0.2) is 0 Å². The Morgan fingerprint density at radius 2 is 2.07 bits per heavy atom. The summed E-state index contributed by atoms with van der Waals surface area (Å²) in [6.07, 6.45) is 1.01. The summed E-state index contributed by atoms with van der Waals surface area (Å²) in [4.78, 5) is 24.1. The predicted octanol–water partition coefficient (Wildman–Crippen LogP) is -0.504. The molecule has 86 valence electrons. The maximum atomic E-state index is 11.4. The summed E-state index contributed by atoms with van der Waals surface area (Å²) in [5, 5.41) is 11.7. The van der Waals surface area contributed by atoms with Crippen LogP contribution in [0.3, 0.4) is 0 Å². The van der Waals surface area contributed by atoms with E-state index >= 15 is 0 Å². The van der Waals surface area contributed by atoms with Crippen LogP contribution in [-0.4, -0.2) is 47.6 Å². The van der Waals surface area contributed by atoms with Crippen LogP contribution >= 0.6 is 0 Å². The molecule has 1 aliphatic heterocycles. The first-order valence-electron chi connectivity index (χ1n) is 5.36. The maximum Gasteiger partial charge on any atom is 0.223 e. The Bertz CT molecular complexity index is 237. The minimum Gasteiger partial charge on any atom is -0.389 e. The van der Waals surface area contributed by atoms with Crippen molar-refractivity contribution in [2.75, 3.05) is 19.6 Å². The summed E-state index contributed by atoms with van der Waals surface area (Å²) >= 11 is 0. The second-order valence-corrected chi connectivity index (χ2v) is 3.80. The largest absolute Gasteiger partial charge is 0.389 e. The van der Waals surface area contributed by atoms with Gasteiger partial charge in [0, 0.05) is 32.5 Å². The molecule has 15 heavy (non-hydrogen) atoms. The third kappa shape index (κ3) is 3.87. The second kappa shape index (κ2) is 5.70. The van der Waals surface area contributed by atoms with Crippen LogP contribution in [0.25, 0.3) is 0 Å². The van der Waals surface area contributed by atoms with Gasteiger partial charge in [0.05, 0.1) is 6.10 Å². The lowest BCUT2D eigenvalue weighted by molar-refractivity contribution is -0.142. The fourth-order valence-corrected chi connectivity index (χ4v) is 1.39. The molecule has 1 aliphatic rings. The van der Waals surface area contributed by atoms with E-state index in [1.54, 1.807) is 4.90 Å². The molecule has 1 saturated heterocycles. The molecule has 0 radical (unpaired) electrons. The minimum absolute atomic E-state index is 0.0491. The van der Waals surface area contributed by atoms with Crippen molar-refractivity contribution in [3.05, 3.63) is 0 Å². The number of hydrogen-bond acceptors (Lipinski definition) is 3. The second-order valence-electron chi connectivity index (χ2n) is 3.80. The lowest BCUT2D eigenvalue weighted by Crippen LogP contribution is -2.53. The van der Waals surface area contributed by atoms with Gasteiger partial charge in [-0.3, -0.25) is 9.59 Å². The quantitative estimate of drug-likeness (QED) is 0.648. The summed E-state index contributed by atoms with van der Waals surface area (Å²) < 4.78 is 0. The van der Waals surface area contributed by atoms with Crippen molar-refractivity contribution in [2.24, 2.45) is 0 Å². The van der Waals surface area contributed by atoms with Crippen LogP contribution < -0.4 is 5.32 Å². The average Bonchev–Trinajstić information content (AvgIpc) is 2.18. The number of nitrogens with one attached hydrogen (secondary N) is 1. The number of aliphatic hydroxyl groups excluding tert-OH is 1. The molecule has 0 aromatic carbocycles. The molecule has 5 heteroatoms. The lowest BCUT2D eigenvalue weighted by Gasteiger charge is -2.35. The van der Waals surface area contributed by atoms with Crippen LogP contribution in [-0.2, 0) is 9.59 Å². The Hall–Kier alpha value is -1.10. The van der Waals surface area contributed by atoms with E-state index in [0.29, 0.717) is 19.6 Å². The van der Waals surface area contributed by atoms with Crippen molar-refractivity contribution in [3.8, 4) is 0 Å². The number of hydrogen-bond donors (Lipinski definition) is 2. The SMILES string of the molecule is CCCNC(=O)CCC(=O)N1CC(O)C1. The van der Waals surface area contributed by atoms with Crippen molar-refractivity contribution < 1.29 is 14.7 Å². The van der Waals surface area contributed by atoms with E-state index in [0.717, 1.165) is 6.42 Å². The summed E-state index contributed by atoms with van der Waals surface area (Å²) in [7, 11) is 0. The molecule has 2 N–H and O–H groups in total. The van der Waals surface area contributed by atoms with E-state index in [2.05, 4.69) is 5.32 Å². The number of carbonyl (C=O) groups is 2. The molecule has 1 fully saturated rings. The molecule has 1 rings (SSSR count). The molecule has 2 amide bonds. The van der Waals surface area contributed by atoms with Gasteiger partial charge in [-0.2, -0.15) is 0 Å². The van der Waals surface area contributed by atoms with Crippen LogP contribution in [0.2, 0.25) is 0 Å². The smallest absolute Gasteiger partial charge is 0.223 e. The van der Waals surface area contributed by atoms with Crippen molar-refractivity contribution in [3.63, 3.8) is 0 Å². The molecule has 0 spiro atoms. The van der Waals surface area contributed by atoms with Crippen LogP contribution in [0, 0.1) is 0 Å². The Balaban J connectivity index is 2.09. The highest BCUT2D eigenvalue weighted by atomic mass is 16.3. The number of nitrogens with zero attached hydrogens (tertiary/aromatic N) is 1. The number of aliphatic hydroxyl groups is 1. The molecular weight excluding hydrogens is 196 g/mol. The zero-order valence-corrected chi connectivity index (χ0v) is 9.03. The zero-order valence-electron chi connectivity index (χ0n) is 9.03. The van der Waals surface area contributed by atoms with Gasteiger partial charge in [-0.25, -0.2) is 0 Å². The molecule has 1 heterocycles. The number of likely N-dealkylation sites (tertiary alicyclic amines) is 1. The highest BCUT2D eigenvalue weighted by Gasteiger charge is 2.28. The fraction of sp³-hybridized carbons (Fsp3) is 0.800. The van der Waals surface area contributed by atoms with Gasteiger partial charge >= 0.3 is 0 Å². The molecule has 0 unspecified atom stereocenters. The van der Waals surface area contributed by atoms with Gasteiger partial charge in [-0.05, 0) is 6.42 Å². The fourth-order valence-electron chi connectivity index (χ4n) is 1.39. The molecular formula is C10H18N2O3. The van der Waals surface area contributed by atoms with E-state index < -0.39 is 0 Å². The maximum absolute atomic E-state index is 11.4. The minimum atomic E-state index is -0.372. The first-order valence-corrected chi connectivity index (χ1v) is 5.36. The van der Waals surface area contributed by atoms with Gasteiger partial charge in [0.2, 0.25) is 11.8 Å². The third-order valence-corrected chi connectivity index (χ3v) is 2.35. The molecule has 0 aliphatic carbocycles. The van der Waals surface area contributed by atoms with Gasteiger partial charge in [-0.1, -0.05) is 6.92 Å². The van der Waals surface area contributed by atoms with Gasteiger partial charge < -0.3 is 15.3 Å². The van der Waals surface area contributed by atoms with Crippen molar-refractivity contribution in [1.29, 1.82) is 0 Å². The van der Waals surface area contributed by atoms with Crippen LogP contribution in [0.15, 0.2) is 0 Å². The molecule has 0 aromatic rings. The summed E-state index contributed by atoms with van der Waals surface area (Å²) in [6, 6.07) is 0. The topological polar surface area (TPSA) is 69.6 Å². The monoisotopic (exact) mass is 214 g/mol. The Morgan fingerprint density at radius 3 is 2.60 bits per heavy atom. The van der Waals surface area contributed by atoms with Gasteiger partial charge in [0.25, 0.3) is 0 Å². The van der Waals surface area contributed by atoms with Crippen molar-refractivity contribution in [1.82, 2.24) is 10.2 Å². The number of carbonyl (C=O) groups excluding carboxylic acids is 2. The highest BCUT2D eigenvalue weighted by molar-refractivity contribution is 5.84. The van der Waals surface area contributed by atoms with Crippen molar-refractivity contribution >= 4 is 11.8 Å². The average molecular weight is 214 g/mol. The molecule has 0 bridgehead atoms. The lowest BCUT2D eigenvalue weighted by atomic mass is 10.1. The normalized spacial score (nSPS) is 16.0. The first-order chi connectivity index (χ1) is 7.13. The standard InChI is InChI=1S/C10H18N2O3/c1-2-5-11-9(14)3-4-10(15)12-6-8(13)7-12/h8,13H,2-7H2,1H3,(H,11,14). The Labute approximate surface area is 89.4 Å². The zero-order chi connectivity index (χ0) is 11.3. The van der Waals surface area contributed by atoms with Gasteiger partial charge in [0.1, 0.15) is 0 Å². The molecule has 0 aromatic heterocycles. The molecule has 0 saturated carbocycles. The Morgan fingerprint density at radius 1 is 1.40 bits per heavy atom. The molecule has 0 atom stereocenters. The molecule has 5 nitrogen and oxygen atoms in total. The Kier molecular flexibility index (Phi) is 4.55. The number of β-amino-alcohol motifs (C(OH)–C–C–N with tert-alkyl or cyclic N) is 1. The van der Waals surface area contributed by atoms with Crippen LogP contribution in [0.4, 0.5) is 0 Å². The van der Waals surface area contributed by atoms with E-state index in [1.807, 2.05) is 6.92 Å². The van der Waals surface area contributed by atoms with E-state index in [9.17, 15) is 9.59 Å². The summed E-state index contributed by atoms with van der Waals surface area (Å²) in [5.74, 6) is -0.127. The number of amides is 2. The van der Waals surface area contributed by atoms with E-state index in [-0.39, 0.29) is 30.8 Å². The van der Waals surface area contributed by atoms with Crippen molar-refractivity contribution in [2.45, 2.75) is 32.3 Å². The van der Waals surface area contributed by atoms with Crippen LogP contribution in [0.1, 0.15) is 26.2 Å². The first kappa shape index (κ1) is 12.0. The van der Waals surface area contributed by atoms with Crippen LogP contribution in [0.5, 0.6) is 0 Å². The third-order valence-electron chi connectivity index (χ3n) is 2.35. The van der Waals surface area contributed by atoms with E-state index in [4.69, 9.17) is 5.11 Å². The number of rotatable bonds is 5. The summed E-state index contributed by atoms with van der Waals surface area (Å²) in [5.41, 5.74) is 0. The van der Waals surface area contributed by atoms with E-state index in [1.165, 1.54) is 0 Å². The summed E-state index contributed by atoms with van der Waals surface area (Å²) in [6.45, 7) is 3.47.